The van der Waals surface area contributed by atoms with Gasteiger partial charge in [-0.3, -0.25) is 4.79 Å². The highest BCUT2D eigenvalue weighted by atomic mass is 32.2. The lowest BCUT2D eigenvalue weighted by atomic mass is 10.2. The molecule has 0 spiro atoms. The summed E-state index contributed by atoms with van der Waals surface area (Å²) in [4.78, 5) is 20.3. The normalized spacial score (nSPS) is 18.4. The highest BCUT2D eigenvalue weighted by molar-refractivity contribution is 7.98. The molecule has 2 aromatic rings. The van der Waals surface area contributed by atoms with Gasteiger partial charge < -0.3 is 4.90 Å². The number of hydrogen-bond donors (Lipinski definition) is 0. The van der Waals surface area contributed by atoms with Crippen LogP contribution in [0.4, 0.5) is 0 Å². The molecule has 0 bridgehead atoms. The molecule has 1 aliphatic heterocycles. The Morgan fingerprint density at radius 3 is 2.90 bits per heavy atom. The average molecular weight is 289 g/mol. The molecule has 0 aliphatic carbocycles. The quantitative estimate of drug-likeness (QED) is 0.801. The SMILES string of the molecule is CSc1ncccc1C(=O)N1CC[C@H](n2nccn2)C1. The molecular formula is C13H15N5OS. The van der Waals surface area contributed by atoms with E-state index in [1.54, 1.807) is 29.5 Å². The van der Waals surface area contributed by atoms with Crippen molar-refractivity contribution in [1.82, 2.24) is 24.9 Å². The first-order valence-corrected chi connectivity index (χ1v) is 7.66. The zero-order valence-corrected chi connectivity index (χ0v) is 12.0. The summed E-state index contributed by atoms with van der Waals surface area (Å²) in [6.07, 6.45) is 7.85. The number of thioether (sulfide) groups is 1. The van der Waals surface area contributed by atoms with Gasteiger partial charge in [-0.25, -0.2) is 4.98 Å². The minimum atomic E-state index is 0.0390. The minimum Gasteiger partial charge on any atom is -0.336 e. The topological polar surface area (TPSA) is 63.9 Å². The number of hydrogen-bond acceptors (Lipinski definition) is 5. The third-order valence-electron chi connectivity index (χ3n) is 3.41. The summed E-state index contributed by atoms with van der Waals surface area (Å²) in [7, 11) is 0. The molecule has 2 aromatic heterocycles. The fourth-order valence-corrected chi connectivity index (χ4v) is 2.96. The molecule has 0 saturated carbocycles. The molecular weight excluding hydrogens is 274 g/mol. The van der Waals surface area contributed by atoms with Gasteiger partial charge in [0.25, 0.3) is 5.91 Å². The van der Waals surface area contributed by atoms with Crippen LogP contribution in [0.1, 0.15) is 22.8 Å². The van der Waals surface area contributed by atoms with Crippen LogP contribution in [0.25, 0.3) is 0 Å². The lowest BCUT2D eigenvalue weighted by Gasteiger charge is -2.17. The second-order valence-corrected chi connectivity index (χ2v) is 5.40. The Morgan fingerprint density at radius 1 is 1.35 bits per heavy atom. The Labute approximate surface area is 121 Å². The first kappa shape index (κ1) is 13.1. The van der Waals surface area contributed by atoms with Crippen molar-refractivity contribution in [2.45, 2.75) is 17.5 Å². The van der Waals surface area contributed by atoms with Gasteiger partial charge in [0.05, 0.1) is 24.0 Å². The highest BCUT2D eigenvalue weighted by Crippen LogP contribution is 2.24. The molecule has 6 nitrogen and oxygen atoms in total. The van der Waals surface area contributed by atoms with Gasteiger partial charge in [0.2, 0.25) is 0 Å². The van der Waals surface area contributed by atoms with E-state index in [1.165, 1.54) is 11.8 Å². The van der Waals surface area contributed by atoms with Crippen molar-refractivity contribution in [3.05, 3.63) is 36.3 Å². The molecule has 0 N–H and O–H groups in total. The van der Waals surface area contributed by atoms with E-state index < -0.39 is 0 Å². The Hall–Kier alpha value is -1.89. The third kappa shape index (κ3) is 2.40. The smallest absolute Gasteiger partial charge is 0.256 e. The second kappa shape index (κ2) is 5.62. The summed E-state index contributed by atoms with van der Waals surface area (Å²) < 4.78 is 0. The lowest BCUT2D eigenvalue weighted by molar-refractivity contribution is 0.0782. The molecule has 0 unspecified atom stereocenters. The Morgan fingerprint density at radius 2 is 2.15 bits per heavy atom. The lowest BCUT2D eigenvalue weighted by Crippen LogP contribution is -2.30. The van der Waals surface area contributed by atoms with Crippen LogP contribution in [-0.2, 0) is 0 Å². The molecule has 0 aromatic carbocycles. The number of aromatic nitrogens is 4. The number of amides is 1. The molecule has 0 radical (unpaired) electrons. The molecule has 20 heavy (non-hydrogen) atoms. The predicted molar refractivity (Wildman–Crippen MR) is 75.6 cm³/mol. The minimum absolute atomic E-state index is 0.0390. The predicted octanol–water partition coefficient (Wildman–Crippen LogP) is 1.48. The Balaban J connectivity index is 1.76. The summed E-state index contributed by atoms with van der Waals surface area (Å²) in [5.74, 6) is 0.0390. The zero-order valence-electron chi connectivity index (χ0n) is 11.1. The monoisotopic (exact) mass is 289 g/mol. The Bertz CT molecular complexity index is 601. The number of likely N-dealkylation sites (tertiary alicyclic amines) is 1. The number of carbonyl (C=O) groups is 1. The van der Waals surface area contributed by atoms with Crippen molar-refractivity contribution < 1.29 is 4.79 Å². The summed E-state index contributed by atoms with van der Waals surface area (Å²) in [5.41, 5.74) is 0.675. The molecule has 3 heterocycles. The second-order valence-electron chi connectivity index (χ2n) is 4.60. The van der Waals surface area contributed by atoms with E-state index >= 15 is 0 Å². The maximum Gasteiger partial charge on any atom is 0.256 e. The summed E-state index contributed by atoms with van der Waals surface area (Å²) >= 11 is 1.49. The van der Waals surface area contributed by atoms with Crippen molar-refractivity contribution in [2.24, 2.45) is 0 Å². The van der Waals surface area contributed by atoms with E-state index in [-0.39, 0.29) is 11.9 Å². The van der Waals surface area contributed by atoms with Crippen molar-refractivity contribution in [3.8, 4) is 0 Å². The van der Waals surface area contributed by atoms with Crippen molar-refractivity contribution in [1.29, 1.82) is 0 Å². The summed E-state index contributed by atoms with van der Waals surface area (Å²) in [6, 6.07) is 3.80. The van der Waals surface area contributed by atoms with Gasteiger partial charge in [-0.05, 0) is 24.8 Å². The van der Waals surface area contributed by atoms with Crippen LogP contribution in [0.3, 0.4) is 0 Å². The van der Waals surface area contributed by atoms with Crippen LogP contribution >= 0.6 is 11.8 Å². The van der Waals surface area contributed by atoms with Gasteiger partial charge in [-0.1, -0.05) is 0 Å². The van der Waals surface area contributed by atoms with Crippen LogP contribution < -0.4 is 0 Å². The average Bonchev–Trinajstić information content (AvgIpc) is 3.16. The van der Waals surface area contributed by atoms with E-state index in [1.807, 2.05) is 17.2 Å². The van der Waals surface area contributed by atoms with Crippen molar-refractivity contribution in [3.63, 3.8) is 0 Å². The van der Waals surface area contributed by atoms with Crippen LogP contribution in [0.5, 0.6) is 0 Å². The van der Waals surface area contributed by atoms with Crippen LogP contribution in [0.15, 0.2) is 35.7 Å². The van der Waals surface area contributed by atoms with Gasteiger partial charge in [0.15, 0.2) is 0 Å². The number of rotatable bonds is 3. The number of pyridine rings is 1. The maximum atomic E-state index is 12.6. The first-order valence-electron chi connectivity index (χ1n) is 6.43. The van der Waals surface area contributed by atoms with Gasteiger partial charge in [0.1, 0.15) is 5.03 Å². The molecule has 1 atom stereocenters. The molecule has 1 saturated heterocycles. The third-order valence-corrected chi connectivity index (χ3v) is 4.12. The van der Waals surface area contributed by atoms with Crippen LogP contribution in [0.2, 0.25) is 0 Å². The van der Waals surface area contributed by atoms with Crippen molar-refractivity contribution >= 4 is 17.7 Å². The van der Waals surface area contributed by atoms with Crippen LogP contribution in [0, 0.1) is 0 Å². The van der Waals surface area contributed by atoms with E-state index in [4.69, 9.17) is 0 Å². The first-order chi connectivity index (χ1) is 9.79. The molecule has 3 rings (SSSR count). The number of carbonyl (C=O) groups excluding carboxylic acids is 1. The van der Waals surface area contributed by atoms with E-state index in [0.717, 1.165) is 18.0 Å². The molecule has 1 fully saturated rings. The van der Waals surface area contributed by atoms with E-state index in [2.05, 4.69) is 15.2 Å². The van der Waals surface area contributed by atoms with E-state index in [0.29, 0.717) is 12.1 Å². The molecule has 1 aliphatic rings. The van der Waals surface area contributed by atoms with Gasteiger partial charge in [-0.2, -0.15) is 15.0 Å². The van der Waals surface area contributed by atoms with Crippen LogP contribution in [-0.4, -0.2) is 50.1 Å². The van der Waals surface area contributed by atoms with E-state index in [9.17, 15) is 4.79 Å². The Kier molecular flexibility index (Phi) is 3.68. The molecule has 7 heteroatoms. The fourth-order valence-electron chi connectivity index (χ4n) is 2.42. The zero-order chi connectivity index (χ0) is 13.9. The highest BCUT2D eigenvalue weighted by Gasteiger charge is 2.30. The number of nitrogens with zero attached hydrogens (tertiary/aromatic N) is 5. The standard InChI is InChI=1S/C13H15N5OS/c1-20-12-11(3-2-5-14-12)13(19)17-8-4-10(9-17)18-15-6-7-16-18/h2-3,5-7,10H,4,8-9H2,1H3/t10-/m0/s1. The maximum absolute atomic E-state index is 12.6. The summed E-state index contributed by atoms with van der Waals surface area (Å²) in [5, 5.41) is 9.08. The summed E-state index contributed by atoms with van der Waals surface area (Å²) in [6.45, 7) is 1.38. The van der Waals surface area contributed by atoms with Gasteiger partial charge in [0, 0.05) is 19.3 Å². The fraction of sp³-hybridized carbons (Fsp3) is 0.385. The van der Waals surface area contributed by atoms with Gasteiger partial charge in [-0.15, -0.1) is 11.8 Å². The molecule has 1 amide bonds. The van der Waals surface area contributed by atoms with Gasteiger partial charge >= 0.3 is 0 Å². The molecule has 104 valence electrons. The van der Waals surface area contributed by atoms with Crippen molar-refractivity contribution in [2.75, 3.05) is 19.3 Å². The largest absolute Gasteiger partial charge is 0.336 e.